The molecular formula is C14H15ClN2O3. The third-order valence-corrected chi connectivity index (χ3v) is 3.08. The number of nitrogens with one attached hydrogen (secondary N) is 1. The SMILES string of the molecule is Cc1ccc(C(C)(O)CNC(=O)c2ccc(Cl)nc2)o1. The minimum Gasteiger partial charge on any atom is -0.463 e. The Labute approximate surface area is 121 Å². The first-order chi connectivity index (χ1) is 9.38. The number of pyridine rings is 1. The molecule has 0 fully saturated rings. The number of amides is 1. The molecule has 0 saturated carbocycles. The maximum atomic E-state index is 11.9. The van der Waals surface area contributed by atoms with Gasteiger partial charge in [0, 0.05) is 6.20 Å². The van der Waals surface area contributed by atoms with Gasteiger partial charge in [-0.15, -0.1) is 0 Å². The number of carbonyl (C=O) groups is 1. The zero-order valence-electron chi connectivity index (χ0n) is 11.2. The molecule has 1 unspecified atom stereocenters. The highest BCUT2D eigenvalue weighted by Gasteiger charge is 2.27. The number of aromatic nitrogens is 1. The first kappa shape index (κ1) is 14.6. The largest absolute Gasteiger partial charge is 0.463 e. The van der Waals surface area contributed by atoms with Gasteiger partial charge in [-0.05, 0) is 38.1 Å². The van der Waals surface area contributed by atoms with Gasteiger partial charge in [0.1, 0.15) is 22.3 Å². The fourth-order valence-corrected chi connectivity index (χ4v) is 1.79. The van der Waals surface area contributed by atoms with Crippen molar-refractivity contribution < 1.29 is 14.3 Å². The van der Waals surface area contributed by atoms with Gasteiger partial charge in [-0.25, -0.2) is 4.98 Å². The van der Waals surface area contributed by atoms with E-state index in [2.05, 4.69) is 10.3 Å². The number of aryl methyl sites for hydroxylation is 1. The molecule has 1 atom stereocenters. The number of aliphatic hydroxyl groups is 1. The van der Waals surface area contributed by atoms with Gasteiger partial charge < -0.3 is 14.8 Å². The van der Waals surface area contributed by atoms with Crippen molar-refractivity contribution in [3.05, 3.63) is 52.7 Å². The van der Waals surface area contributed by atoms with E-state index < -0.39 is 5.60 Å². The summed E-state index contributed by atoms with van der Waals surface area (Å²) in [6.45, 7) is 3.39. The van der Waals surface area contributed by atoms with Gasteiger partial charge in [0.05, 0.1) is 12.1 Å². The lowest BCUT2D eigenvalue weighted by atomic mass is 10.0. The predicted molar refractivity (Wildman–Crippen MR) is 74.6 cm³/mol. The van der Waals surface area contributed by atoms with Crippen molar-refractivity contribution in [2.45, 2.75) is 19.4 Å². The van der Waals surface area contributed by atoms with Crippen LogP contribution in [0.1, 0.15) is 28.8 Å². The van der Waals surface area contributed by atoms with Crippen LogP contribution >= 0.6 is 11.6 Å². The maximum Gasteiger partial charge on any atom is 0.252 e. The molecule has 1 amide bonds. The molecule has 0 aliphatic carbocycles. The zero-order valence-corrected chi connectivity index (χ0v) is 11.9. The van der Waals surface area contributed by atoms with E-state index >= 15 is 0 Å². The minimum absolute atomic E-state index is 0.0292. The highest BCUT2D eigenvalue weighted by molar-refractivity contribution is 6.29. The van der Waals surface area contributed by atoms with Crippen LogP contribution < -0.4 is 5.32 Å². The summed E-state index contributed by atoms with van der Waals surface area (Å²) < 4.78 is 5.37. The van der Waals surface area contributed by atoms with Crippen molar-refractivity contribution in [3.63, 3.8) is 0 Å². The molecule has 2 heterocycles. The molecule has 2 aromatic heterocycles. The molecule has 2 rings (SSSR count). The Bertz CT molecular complexity index is 605. The Hall–Kier alpha value is -1.85. The van der Waals surface area contributed by atoms with Crippen LogP contribution in [0.25, 0.3) is 0 Å². The normalized spacial score (nSPS) is 13.8. The molecule has 0 aliphatic heterocycles. The second-order valence-electron chi connectivity index (χ2n) is 4.74. The molecule has 0 aromatic carbocycles. The van der Waals surface area contributed by atoms with E-state index in [1.807, 2.05) is 0 Å². The second kappa shape index (κ2) is 5.64. The molecule has 5 nitrogen and oxygen atoms in total. The maximum absolute atomic E-state index is 11.9. The van der Waals surface area contributed by atoms with Crippen LogP contribution in [0.3, 0.4) is 0 Å². The summed E-state index contributed by atoms with van der Waals surface area (Å²) in [5.74, 6) is 0.774. The van der Waals surface area contributed by atoms with E-state index in [9.17, 15) is 9.90 Å². The third-order valence-electron chi connectivity index (χ3n) is 2.85. The third kappa shape index (κ3) is 3.37. The molecule has 2 N–H and O–H groups in total. The molecule has 0 bridgehead atoms. The van der Waals surface area contributed by atoms with Crippen molar-refractivity contribution in [2.75, 3.05) is 6.54 Å². The first-order valence-electron chi connectivity index (χ1n) is 6.07. The summed E-state index contributed by atoms with van der Waals surface area (Å²) >= 11 is 5.65. The molecule has 0 saturated heterocycles. The van der Waals surface area contributed by atoms with Gasteiger partial charge in [-0.2, -0.15) is 0 Å². The lowest BCUT2D eigenvalue weighted by Crippen LogP contribution is -2.38. The van der Waals surface area contributed by atoms with Gasteiger partial charge in [-0.3, -0.25) is 4.79 Å². The van der Waals surface area contributed by atoms with Gasteiger partial charge >= 0.3 is 0 Å². The van der Waals surface area contributed by atoms with Crippen LogP contribution in [0.5, 0.6) is 0 Å². The standard InChI is InChI=1S/C14H15ClN2O3/c1-9-3-5-11(20-9)14(2,19)8-17-13(18)10-4-6-12(15)16-7-10/h3-7,19H,8H2,1-2H3,(H,17,18). The lowest BCUT2D eigenvalue weighted by Gasteiger charge is -2.21. The Balaban J connectivity index is 2.00. The van der Waals surface area contributed by atoms with E-state index in [0.717, 1.165) is 0 Å². The van der Waals surface area contributed by atoms with E-state index in [0.29, 0.717) is 22.2 Å². The predicted octanol–water partition coefficient (Wildman–Crippen LogP) is 2.27. The first-order valence-corrected chi connectivity index (χ1v) is 6.45. The molecule has 20 heavy (non-hydrogen) atoms. The van der Waals surface area contributed by atoms with E-state index in [1.165, 1.54) is 12.3 Å². The Morgan fingerprint density at radius 2 is 2.20 bits per heavy atom. The minimum atomic E-state index is -1.27. The summed E-state index contributed by atoms with van der Waals surface area (Å²) in [6.07, 6.45) is 1.38. The summed E-state index contributed by atoms with van der Waals surface area (Å²) in [5, 5.41) is 13.2. The molecule has 2 aromatic rings. The smallest absolute Gasteiger partial charge is 0.252 e. The quantitative estimate of drug-likeness (QED) is 0.848. The molecule has 106 valence electrons. The zero-order chi connectivity index (χ0) is 14.8. The van der Waals surface area contributed by atoms with Crippen molar-refractivity contribution in [2.24, 2.45) is 0 Å². The number of furan rings is 1. The van der Waals surface area contributed by atoms with Gasteiger partial charge in [0.2, 0.25) is 0 Å². The van der Waals surface area contributed by atoms with Crippen LogP contribution in [0.15, 0.2) is 34.9 Å². The summed E-state index contributed by atoms with van der Waals surface area (Å²) in [5.41, 5.74) is -0.898. The van der Waals surface area contributed by atoms with E-state index in [1.54, 1.807) is 32.0 Å². The number of hydrogen-bond donors (Lipinski definition) is 2. The average Bonchev–Trinajstić information content (AvgIpc) is 2.84. The van der Waals surface area contributed by atoms with Gasteiger partial charge in [0.15, 0.2) is 0 Å². The summed E-state index contributed by atoms with van der Waals surface area (Å²) in [4.78, 5) is 15.7. The van der Waals surface area contributed by atoms with Crippen LogP contribution in [0.4, 0.5) is 0 Å². The Morgan fingerprint density at radius 1 is 1.45 bits per heavy atom. The highest BCUT2D eigenvalue weighted by atomic mass is 35.5. The Morgan fingerprint density at radius 3 is 2.75 bits per heavy atom. The van der Waals surface area contributed by atoms with Crippen molar-refractivity contribution >= 4 is 17.5 Å². The highest BCUT2D eigenvalue weighted by Crippen LogP contribution is 2.22. The monoisotopic (exact) mass is 294 g/mol. The second-order valence-corrected chi connectivity index (χ2v) is 5.12. The van der Waals surface area contributed by atoms with Gasteiger partial charge in [-0.1, -0.05) is 11.6 Å². The van der Waals surface area contributed by atoms with Gasteiger partial charge in [0.25, 0.3) is 5.91 Å². The topological polar surface area (TPSA) is 75.4 Å². The lowest BCUT2D eigenvalue weighted by molar-refractivity contribution is 0.0323. The molecule has 0 spiro atoms. The molecule has 0 aliphatic rings. The molecular weight excluding hydrogens is 280 g/mol. The molecule has 6 heteroatoms. The number of hydrogen-bond acceptors (Lipinski definition) is 4. The van der Waals surface area contributed by atoms with E-state index in [-0.39, 0.29) is 12.5 Å². The van der Waals surface area contributed by atoms with E-state index in [4.69, 9.17) is 16.0 Å². The number of carbonyl (C=O) groups excluding carboxylic acids is 1. The van der Waals surface area contributed by atoms with Crippen molar-refractivity contribution in [3.8, 4) is 0 Å². The fourth-order valence-electron chi connectivity index (χ4n) is 1.68. The Kier molecular flexibility index (Phi) is 4.11. The van der Waals surface area contributed by atoms with Crippen molar-refractivity contribution in [1.82, 2.24) is 10.3 Å². The number of rotatable bonds is 4. The summed E-state index contributed by atoms with van der Waals surface area (Å²) in [6, 6.07) is 6.54. The van der Waals surface area contributed by atoms with Crippen molar-refractivity contribution in [1.29, 1.82) is 0 Å². The van der Waals surface area contributed by atoms with Crippen LogP contribution in [0, 0.1) is 6.92 Å². The van der Waals surface area contributed by atoms with Crippen LogP contribution in [-0.2, 0) is 5.60 Å². The average molecular weight is 295 g/mol. The van der Waals surface area contributed by atoms with Crippen LogP contribution in [-0.4, -0.2) is 22.5 Å². The fraction of sp³-hybridized carbons (Fsp3) is 0.286. The number of halogens is 1. The molecule has 0 radical (unpaired) electrons. The summed E-state index contributed by atoms with van der Waals surface area (Å²) in [7, 11) is 0. The van der Waals surface area contributed by atoms with Crippen LogP contribution in [0.2, 0.25) is 5.15 Å². The number of nitrogens with zero attached hydrogens (tertiary/aromatic N) is 1.